The number of carbonyl (C=O) groups is 1. The predicted octanol–water partition coefficient (Wildman–Crippen LogP) is 4.37. The maximum Gasteiger partial charge on any atom is 0.271 e. The van der Waals surface area contributed by atoms with Crippen molar-refractivity contribution in [1.29, 1.82) is 0 Å². The smallest absolute Gasteiger partial charge is 0.271 e. The van der Waals surface area contributed by atoms with E-state index < -0.39 is 0 Å². The minimum absolute atomic E-state index is 0.269. The summed E-state index contributed by atoms with van der Waals surface area (Å²) in [6.07, 6.45) is 4.00. The largest absolute Gasteiger partial charge is 0.347 e. The maximum absolute atomic E-state index is 12.2. The fourth-order valence-corrected chi connectivity index (χ4v) is 2.48. The van der Waals surface area contributed by atoms with Gasteiger partial charge in [-0.25, -0.2) is 9.97 Å². The Kier molecular flexibility index (Phi) is 5.81. The van der Waals surface area contributed by atoms with Crippen molar-refractivity contribution in [3.8, 4) is 0 Å². The van der Waals surface area contributed by atoms with Crippen molar-refractivity contribution in [1.82, 2.24) is 15.3 Å². The van der Waals surface area contributed by atoms with Gasteiger partial charge in [0.1, 0.15) is 11.5 Å². The molecule has 3 aromatic rings. The number of halogens is 1. The van der Waals surface area contributed by atoms with Gasteiger partial charge in [0.25, 0.3) is 5.91 Å². The lowest BCUT2D eigenvalue weighted by molar-refractivity contribution is 0.0945. The van der Waals surface area contributed by atoms with Crippen LogP contribution in [0.15, 0.2) is 60.9 Å². The van der Waals surface area contributed by atoms with E-state index in [0.717, 1.165) is 17.7 Å². The zero-order chi connectivity index (χ0) is 18.4. The first-order valence-electron chi connectivity index (χ1n) is 8.34. The monoisotopic (exact) mass is 366 g/mol. The molecule has 0 fully saturated rings. The number of anilines is 2. The molecule has 132 valence electrons. The minimum atomic E-state index is -0.272. The summed E-state index contributed by atoms with van der Waals surface area (Å²) in [6.45, 7) is 2.52. The van der Waals surface area contributed by atoms with Gasteiger partial charge in [0.15, 0.2) is 0 Å². The number of rotatable bonds is 6. The summed E-state index contributed by atoms with van der Waals surface area (Å²) in [7, 11) is 0. The van der Waals surface area contributed by atoms with Crippen LogP contribution in [0.3, 0.4) is 0 Å². The van der Waals surface area contributed by atoms with Crippen LogP contribution in [0.1, 0.15) is 28.5 Å². The Morgan fingerprint density at radius 2 is 1.65 bits per heavy atom. The van der Waals surface area contributed by atoms with Crippen LogP contribution >= 0.6 is 11.6 Å². The third kappa shape index (κ3) is 4.80. The lowest BCUT2D eigenvalue weighted by atomic mass is 10.1. The molecule has 0 saturated heterocycles. The highest BCUT2D eigenvalue weighted by Gasteiger charge is 2.08. The zero-order valence-corrected chi connectivity index (χ0v) is 15.1. The number of aromatic nitrogens is 2. The third-order valence-electron chi connectivity index (χ3n) is 3.89. The van der Waals surface area contributed by atoms with Gasteiger partial charge in [0, 0.05) is 17.3 Å². The number of aryl methyl sites for hydroxylation is 1. The van der Waals surface area contributed by atoms with Crippen molar-refractivity contribution in [2.24, 2.45) is 0 Å². The predicted molar refractivity (Wildman–Crippen MR) is 104 cm³/mol. The number of amides is 1. The first-order valence-corrected chi connectivity index (χ1v) is 8.72. The Morgan fingerprint density at radius 1 is 0.962 bits per heavy atom. The van der Waals surface area contributed by atoms with Crippen molar-refractivity contribution >= 4 is 29.0 Å². The van der Waals surface area contributed by atoms with Crippen LogP contribution in [-0.2, 0) is 13.0 Å². The van der Waals surface area contributed by atoms with E-state index in [2.05, 4.69) is 39.7 Å². The molecular formula is C20H19ClN4O. The minimum Gasteiger partial charge on any atom is -0.347 e. The molecule has 0 aliphatic carbocycles. The third-order valence-corrected chi connectivity index (χ3v) is 4.14. The second-order valence-electron chi connectivity index (χ2n) is 5.77. The summed E-state index contributed by atoms with van der Waals surface area (Å²) in [4.78, 5) is 20.6. The van der Waals surface area contributed by atoms with Crippen molar-refractivity contribution in [2.45, 2.75) is 19.9 Å². The van der Waals surface area contributed by atoms with Crippen LogP contribution < -0.4 is 10.6 Å². The molecule has 0 aliphatic rings. The second-order valence-corrected chi connectivity index (χ2v) is 6.21. The van der Waals surface area contributed by atoms with Gasteiger partial charge in [-0.15, -0.1) is 0 Å². The molecule has 3 rings (SSSR count). The van der Waals surface area contributed by atoms with Gasteiger partial charge in [0.2, 0.25) is 0 Å². The standard InChI is InChI=1S/C20H19ClN4O/c1-2-14-5-9-17(10-6-14)25-19-13-22-18(12-23-19)20(26)24-11-15-3-7-16(21)8-4-15/h3-10,12-13H,2,11H2,1H3,(H,23,25)(H,24,26). The second kappa shape index (κ2) is 8.45. The van der Waals surface area contributed by atoms with E-state index in [0.29, 0.717) is 17.4 Å². The first kappa shape index (κ1) is 17.9. The van der Waals surface area contributed by atoms with E-state index in [1.165, 1.54) is 11.8 Å². The van der Waals surface area contributed by atoms with Crippen LogP contribution in [0.5, 0.6) is 0 Å². The van der Waals surface area contributed by atoms with Gasteiger partial charge in [-0.1, -0.05) is 42.8 Å². The van der Waals surface area contributed by atoms with E-state index in [-0.39, 0.29) is 11.6 Å². The normalized spacial score (nSPS) is 10.4. The summed E-state index contributed by atoms with van der Waals surface area (Å²) in [5, 5.41) is 6.64. The maximum atomic E-state index is 12.2. The molecule has 0 unspecified atom stereocenters. The number of hydrogen-bond acceptors (Lipinski definition) is 4. The highest BCUT2D eigenvalue weighted by Crippen LogP contribution is 2.15. The molecule has 0 bridgehead atoms. The van der Waals surface area contributed by atoms with E-state index in [4.69, 9.17) is 11.6 Å². The molecule has 5 nitrogen and oxygen atoms in total. The molecule has 1 heterocycles. The van der Waals surface area contributed by atoms with Gasteiger partial charge < -0.3 is 10.6 Å². The highest BCUT2D eigenvalue weighted by molar-refractivity contribution is 6.30. The Bertz CT molecular complexity index is 862. The van der Waals surface area contributed by atoms with Crippen molar-refractivity contribution in [3.05, 3.63) is 82.8 Å². The van der Waals surface area contributed by atoms with Gasteiger partial charge in [-0.05, 0) is 41.8 Å². The lowest BCUT2D eigenvalue weighted by Gasteiger charge is -2.07. The molecule has 2 aromatic carbocycles. The summed E-state index contributed by atoms with van der Waals surface area (Å²) in [6, 6.07) is 15.4. The number of carbonyl (C=O) groups excluding carboxylic acids is 1. The summed E-state index contributed by atoms with van der Waals surface area (Å²) < 4.78 is 0. The summed E-state index contributed by atoms with van der Waals surface area (Å²) >= 11 is 5.85. The molecule has 6 heteroatoms. The number of hydrogen-bond donors (Lipinski definition) is 2. The van der Waals surface area contributed by atoms with Gasteiger partial charge in [-0.3, -0.25) is 4.79 Å². The van der Waals surface area contributed by atoms with Crippen molar-refractivity contribution < 1.29 is 4.79 Å². The molecular weight excluding hydrogens is 348 g/mol. The van der Waals surface area contributed by atoms with Crippen molar-refractivity contribution in [3.63, 3.8) is 0 Å². The van der Waals surface area contributed by atoms with Crippen LogP contribution in [0.2, 0.25) is 5.02 Å². The van der Waals surface area contributed by atoms with Gasteiger partial charge >= 0.3 is 0 Å². The first-order chi connectivity index (χ1) is 12.6. The van der Waals surface area contributed by atoms with Crippen LogP contribution in [0.4, 0.5) is 11.5 Å². The Labute approximate surface area is 157 Å². The fourth-order valence-electron chi connectivity index (χ4n) is 2.36. The summed E-state index contributed by atoms with van der Waals surface area (Å²) in [5.74, 6) is 0.315. The molecule has 1 aromatic heterocycles. The van der Waals surface area contributed by atoms with Gasteiger partial charge in [0.05, 0.1) is 12.4 Å². The molecule has 0 saturated carbocycles. The molecule has 0 radical (unpaired) electrons. The van der Waals surface area contributed by atoms with E-state index in [9.17, 15) is 4.79 Å². The molecule has 1 amide bonds. The highest BCUT2D eigenvalue weighted by atomic mass is 35.5. The molecule has 0 aliphatic heterocycles. The SMILES string of the molecule is CCc1ccc(Nc2cnc(C(=O)NCc3ccc(Cl)cc3)cn2)cc1. The van der Waals surface area contributed by atoms with E-state index >= 15 is 0 Å². The average molecular weight is 367 g/mol. The molecule has 0 atom stereocenters. The molecule has 0 spiro atoms. The molecule has 26 heavy (non-hydrogen) atoms. The molecule has 2 N–H and O–H groups in total. The Morgan fingerprint density at radius 3 is 2.27 bits per heavy atom. The average Bonchev–Trinajstić information content (AvgIpc) is 2.68. The number of nitrogens with one attached hydrogen (secondary N) is 2. The fraction of sp³-hybridized carbons (Fsp3) is 0.150. The van der Waals surface area contributed by atoms with Crippen LogP contribution in [0, 0.1) is 0 Å². The number of nitrogens with zero attached hydrogens (tertiary/aromatic N) is 2. The van der Waals surface area contributed by atoms with Crippen molar-refractivity contribution in [2.75, 3.05) is 5.32 Å². The van der Waals surface area contributed by atoms with E-state index in [1.54, 1.807) is 18.3 Å². The number of benzene rings is 2. The summed E-state index contributed by atoms with van der Waals surface area (Å²) in [5.41, 5.74) is 3.43. The van der Waals surface area contributed by atoms with Crippen LogP contribution in [0.25, 0.3) is 0 Å². The quantitative estimate of drug-likeness (QED) is 0.680. The van der Waals surface area contributed by atoms with Crippen LogP contribution in [-0.4, -0.2) is 15.9 Å². The Hall–Kier alpha value is -2.92. The Balaban J connectivity index is 1.57. The van der Waals surface area contributed by atoms with E-state index in [1.807, 2.05) is 24.3 Å². The topological polar surface area (TPSA) is 66.9 Å². The lowest BCUT2D eigenvalue weighted by Crippen LogP contribution is -2.24. The van der Waals surface area contributed by atoms with Gasteiger partial charge in [-0.2, -0.15) is 0 Å². The zero-order valence-electron chi connectivity index (χ0n) is 14.4.